The predicted octanol–water partition coefficient (Wildman–Crippen LogP) is 1.65. The molecule has 1 aliphatic carbocycles. The summed E-state index contributed by atoms with van der Waals surface area (Å²) in [4.78, 5) is 12.9. The van der Waals surface area contributed by atoms with Crippen LogP contribution in [0, 0.1) is 0 Å². The SMILES string of the molecule is COCc1cc(CN(CC(=O)O)C2CCCC2)no1. The first-order valence-corrected chi connectivity index (χ1v) is 6.58. The van der Waals surface area contributed by atoms with Crippen LogP contribution in [0.1, 0.15) is 37.1 Å². The van der Waals surface area contributed by atoms with E-state index in [0.29, 0.717) is 25.0 Å². The van der Waals surface area contributed by atoms with Gasteiger partial charge in [0.1, 0.15) is 6.61 Å². The van der Waals surface area contributed by atoms with Crippen molar-refractivity contribution < 1.29 is 19.2 Å². The van der Waals surface area contributed by atoms with Crippen LogP contribution < -0.4 is 0 Å². The zero-order valence-corrected chi connectivity index (χ0v) is 11.2. The van der Waals surface area contributed by atoms with Crippen LogP contribution in [0.15, 0.2) is 10.6 Å². The molecule has 1 saturated carbocycles. The molecule has 0 unspecified atom stereocenters. The van der Waals surface area contributed by atoms with Crippen molar-refractivity contribution in [2.75, 3.05) is 13.7 Å². The highest BCUT2D eigenvalue weighted by Gasteiger charge is 2.25. The summed E-state index contributed by atoms with van der Waals surface area (Å²) < 4.78 is 10.1. The van der Waals surface area contributed by atoms with Gasteiger partial charge in [0.05, 0.1) is 12.2 Å². The Hall–Kier alpha value is -1.40. The zero-order valence-electron chi connectivity index (χ0n) is 11.2. The van der Waals surface area contributed by atoms with E-state index in [-0.39, 0.29) is 6.54 Å². The van der Waals surface area contributed by atoms with E-state index < -0.39 is 5.97 Å². The summed E-state index contributed by atoms with van der Waals surface area (Å²) in [5, 5.41) is 13.0. The van der Waals surface area contributed by atoms with Gasteiger partial charge in [0, 0.05) is 25.8 Å². The Morgan fingerprint density at radius 1 is 1.58 bits per heavy atom. The van der Waals surface area contributed by atoms with Gasteiger partial charge >= 0.3 is 5.97 Å². The first-order valence-electron chi connectivity index (χ1n) is 6.58. The molecule has 106 valence electrons. The fourth-order valence-corrected chi connectivity index (χ4v) is 2.61. The van der Waals surface area contributed by atoms with E-state index in [1.165, 1.54) is 12.8 Å². The van der Waals surface area contributed by atoms with Crippen molar-refractivity contribution in [2.45, 2.75) is 44.9 Å². The highest BCUT2D eigenvalue weighted by atomic mass is 16.5. The smallest absolute Gasteiger partial charge is 0.317 e. The standard InChI is InChI=1S/C13H20N2O4/c1-18-9-12-6-10(14-19-12)7-15(8-13(16)17)11-4-2-3-5-11/h6,11H,2-5,7-9H2,1H3,(H,16,17). The summed E-state index contributed by atoms with van der Waals surface area (Å²) in [5.74, 6) is -0.133. The molecule has 6 heteroatoms. The largest absolute Gasteiger partial charge is 0.480 e. The van der Waals surface area contributed by atoms with E-state index in [2.05, 4.69) is 5.16 Å². The first-order chi connectivity index (χ1) is 9.19. The lowest BCUT2D eigenvalue weighted by Gasteiger charge is -2.25. The molecular weight excluding hydrogens is 248 g/mol. The number of ether oxygens (including phenoxy) is 1. The van der Waals surface area contributed by atoms with Crippen LogP contribution in [-0.2, 0) is 22.7 Å². The summed E-state index contributed by atoms with van der Waals surface area (Å²) in [5.41, 5.74) is 0.764. The van der Waals surface area contributed by atoms with Gasteiger partial charge in [-0.2, -0.15) is 0 Å². The van der Waals surface area contributed by atoms with E-state index in [0.717, 1.165) is 18.5 Å². The molecule has 0 aromatic carbocycles. The lowest BCUT2D eigenvalue weighted by molar-refractivity contribution is -0.139. The molecule has 0 bridgehead atoms. The third kappa shape index (κ3) is 4.04. The maximum Gasteiger partial charge on any atom is 0.317 e. The molecule has 1 fully saturated rings. The van der Waals surface area contributed by atoms with Gasteiger partial charge in [-0.1, -0.05) is 18.0 Å². The number of carbonyl (C=O) groups is 1. The highest BCUT2D eigenvalue weighted by Crippen LogP contribution is 2.24. The molecule has 0 radical (unpaired) electrons. The van der Waals surface area contributed by atoms with Gasteiger partial charge in [-0.3, -0.25) is 9.69 Å². The Morgan fingerprint density at radius 3 is 2.95 bits per heavy atom. The number of hydrogen-bond acceptors (Lipinski definition) is 5. The number of carboxylic acid groups (broad SMARTS) is 1. The number of carboxylic acids is 1. The Kier molecular flexibility index (Phi) is 4.93. The van der Waals surface area contributed by atoms with Crippen LogP contribution in [0.3, 0.4) is 0 Å². The van der Waals surface area contributed by atoms with Gasteiger partial charge in [-0.25, -0.2) is 0 Å². The van der Waals surface area contributed by atoms with E-state index in [1.54, 1.807) is 7.11 Å². The van der Waals surface area contributed by atoms with Crippen LogP contribution in [0.2, 0.25) is 0 Å². The predicted molar refractivity (Wildman–Crippen MR) is 67.5 cm³/mol. The minimum Gasteiger partial charge on any atom is -0.480 e. The number of aromatic nitrogens is 1. The number of aliphatic carboxylic acids is 1. The monoisotopic (exact) mass is 268 g/mol. The Morgan fingerprint density at radius 2 is 2.32 bits per heavy atom. The second kappa shape index (κ2) is 6.68. The Labute approximate surface area is 112 Å². The molecule has 1 aromatic rings. The summed E-state index contributed by atoms with van der Waals surface area (Å²) in [7, 11) is 1.59. The lowest BCUT2D eigenvalue weighted by atomic mass is 10.2. The molecule has 0 spiro atoms. The minimum atomic E-state index is -0.799. The molecule has 0 saturated heterocycles. The molecule has 0 aliphatic heterocycles. The minimum absolute atomic E-state index is 0.0527. The van der Waals surface area contributed by atoms with E-state index in [1.807, 2.05) is 11.0 Å². The quantitative estimate of drug-likeness (QED) is 0.810. The van der Waals surface area contributed by atoms with Gasteiger partial charge in [0.2, 0.25) is 0 Å². The fraction of sp³-hybridized carbons (Fsp3) is 0.692. The molecule has 1 aromatic heterocycles. The average Bonchev–Trinajstić information content (AvgIpc) is 2.99. The second-order valence-corrected chi connectivity index (χ2v) is 4.95. The van der Waals surface area contributed by atoms with Crippen LogP contribution in [-0.4, -0.2) is 40.8 Å². The average molecular weight is 268 g/mol. The molecule has 2 rings (SSSR count). The second-order valence-electron chi connectivity index (χ2n) is 4.95. The molecule has 1 aliphatic rings. The third-order valence-electron chi connectivity index (χ3n) is 3.44. The summed E-state index contributed by atoms with van der Waals surface area (Å²) >= 11 is 0. The molecule has 0 amide bonds. The summed E-state index contributed by atoms with van der Waals surface area (Å²) in [6, 6.07) is 2.17. The molecule has 19 heavy (non-hydrogen) atoms. The van der Waals surface area contributed by atoms with Gasteiger partial charge < -0.3 is 14.4 Å². The van der Waals surface area contributed by atoms with Crippen molar-refractivity contribution in [3.05, 3.63) is 17.5 Å². The Bertz CT molecular complexity index is 413. The number of hydrogen-bond donors (Lipinski definition) is 1. The highest BCUT2D eigenvalue weighted by molar-refractivity contribution is 5.69. The first kappa shape index (κ1) is 14.0. The van der Waals surface area contributed by atoms with Crippen LogP contribution >= 0.6 is 0 Å². The lowest BCUT2D eigenvalue weighted by Crippen LogP contribution is -2.37. The normalized spacial score (nSPS) is 16.3. The maximum absolute atomic E-state index is 11.0. The fourth-order valence-electron chi connectivity index (χ4n) is 2.61. The van der Waals surface area contributed by atoms with Crippen molar-refractivity contribution in [2.24, 2.45) is 0 Å². The van der Waals surface area contributed by atoms with Crippen molar-refractivity contribution in [1.82, 2.24) is 10.1 Å². The van der Waals surface area contributed by atoms with E-state index in [4.69, 9.17) is 14.4 Å². The van der Waals surface area contributed by atoms with Crippen molar-refractivity contribution in [3.63, 3.8) is 0 Å². The van der Waals surface area contributed by atoms with Crippen molar-refractivity contribution in [1.29, 1.82) is 0 Å². The van der Waals surface area contributed by atoms with Gasteiger partial charge in [0.15, 0.2) is 5.76 Å². The molecular formula is C13H20N2O4. The Balaban J connectivity index is 1.99. The summed E-state index contributed by atoms with van der Waals surface area (Å²) in [6.45, 7) is 0.955. The number of methoxy groups -OCH3 is 1. The molecule has 1 heterocycles. The number of nitrogens with zero attached hydrogens (tertiary/aromatic N) is 2. The van der Waals surface area contributed by atoms with E-state index >= 15 is 0 Å². The number of rotatable bonds is 7. The topological polar surface area (TPSA) is 75.8 Å². The van der Waals surface area contributed by atoms with Crippen molar-refractivity contribution in [3.8, 4) is 0 Å². The van der Waals surface area contributed by atoms with Gasteiger partial charge in [0.25, 0.3) is 0 Å². The third-order valence-corrected chi connectivity index (χ3v) is 3.44. The molecule has 6 nitrogen and oxygen atoms in total. The van der Waals surface area contributed by atoms with Gasteiger partial charge in [-0.15, -0.1) is 0 Å². The van der Waals surface area contributed by atoms with Crippen LogP contribution in [0.25, 0.3) is 0 Å². The van der Waals surface area contributed by atoms with Crippen molar-refractivity contribution >= 4 is 5.97 Å². The summed E-state index contributed by atoms with van der Waals surface area (Å²) in [6.07, 6.45) is 4.48. The maximum atomic E-state index is 11.0. The van der Waals surface area contributed by atoms with E-state index in [9.17, 15) is 4.79 Å². The molecule has 0 atom stereocenters. The molecule has 1 N–H and O–H groups in total. The van der Waals surface area contributed by atoms with Crippen LogP contribution in [0.4, 0.5) is 0 Å². The van der Waals surface area contributed by atoms with Gasteiger partial charge in [-0.05, 0) is 12.8 Å². The van der Waals surface area contributed by atoms with Crippen LogP contribution in [0.5, 0.6) is 0 Å². The zero-order chi connectivity index (χ0) is 13.7.